The van der Waals surface area contributed by atoms with Crippen LogP contribution in [0.5, 0.6) is 5.75 Å². The number of carbonyl (C=O) groups excluding carboxylic acids is 1. The van der Waals surface area contributed by atoms with Crippen LogP contribution in [0.15, 0.2) is 24.3 Å². The molecule has 0 aromatic heterocycles. The van der Waals surface area contributed by atoms with Gasteiger partial charge in [-0.05, 0) is 50.3 Å². The molecule has 0 unspecified atom stereocenters. The van der Waals surface area contributed by atoms with Crippen LogP contribution >= 0.6 is 0 Å². The number of nitrogens with one attached hydrogen (secondary N) is 1. The van der Waals surface area contributed by atoms with Crippen LogP contribution in [-0.2, 0) is 11.2 Å². The number of benzene rings is 1. The summed E-state index contributed by atoms with van der Waals surface area (Å²) in [7, 11) is 0. The average molecular weight is 233 g/mol. The zero-order valence-corrected chi connectivity index (χ0v) is 10.4. The number of carbonyl (C=O) groups is 1. The lowest BCUT2D eigenvalue weighted by Crippen LogP contribution is -2.45. The molecule has 0 saturated heterocycles. The number of rotatable bonds is 4. The van der Waals surface area contributed by atoms with E-state index >= 15 is 0 Å². The van der Waals surface area contributed by atoms with Gasteiger partial charge in [0.1, 0.15) is 5.75 Å². The summed E-state index contributed by atoms with van der Waals surface area (Å²) >= 11 is 0. The Morgan fingerprint density at radius 1 is 1.47 bits per heavy atom. The van der Waals surface area contributed by atoms with Crippen LogP contribution in [0, 0.1) is 5.92 Å². The SMILES string of the molecule is CC(C)(NC(=O)Cc1cccc(O)c1)C1CC1. The summed E-state index contributed by atoms with van der Waals surface area (Å²) in [6.45, 7) is 4.15. The maximum atomic E-state index is 11.9. The summed E-state index contributed by atoms with van der Waals surface area (Å²) in [6, 6.07) is 6.84. The van der Waals surface area contributed by atoms with E-state index in [0.717, 1.165) is 5.56 Å². The van der Waals surface area contributed by atoms with E-state index in [1.54, 1.807) is 18.2 Å². The molecule has 1 amide bonds. The number of phenolic OH excluding ortho intramolecular Hbond substituents is 1. The van der Waals surface area contributed by atoms with Gasteiger partial charge in [0.15, 0.2) is 0 Å². The van der Waals surface area contributed by atoms with Gasteiger partial charge in [0, 0.05) is 5.54 Å². The number of amides is 1. The number of aromatic hydroxyl groups is 1. The van der Waals surface area contributed by atoms with Crippen LogP contribution in [-0.4, -0.2) is 16.6 Å². The topological polar surface area (TPSA) is 49.3 Å². The summed E-state index contributed by atoms with van der Waals surface area (Å²) in [5, 5.41) is 12.4. The minimum atomic E-state index is -0.103. The Kier molecular flexibility index (Phi) is 3.09. The van der Waals surface area contributed by atoms with Crippen molar-refractivity contribution >= 4 is 5.91 Å². The van der Waals surface area contributed by atoms with E-state index < -0.39 is 0 Å². The molecule has 0 heterocycles. The maximum absolute atomic E-state index is 11.9. The Balaban J connectivity index is 1.93. The third-order valence-corrected chi connectivity index (χ3v) is 3.33. The monoisotopic (exact) mass is 233 g/mol. The van der Waals surface area contributed by atoms with Gasteiger partial charge in [-0.15, -0.1) is 0 Å². The first kappa shape index (κ1) is 12.0. The van der Waals surface area contributed by atoms with E-state index in [1.165, 1.54) is 12.8 Å². The fourth-order valence-corrected chi connectivity index (χ4v) is 2.16. The van der Waals surface area contributed by atoms with E-state index in [2.05, 4.69) is 19.2 Å². The summed E-state index contributed by atoms with van der Waals surface area (Å²) in [4.78, 5) is 11.9. The molecule has 0 bridgehead atoms. The van der Waals surface area contributed by atoms with E-state index in [9.17, 15) is 9.90 Å². The van der Waals surface area contributed by atoms with E-state index in [-0.39, 0.29) is 17.2 Å². The quantitative estimate of drug-likeness (QED) is 0.838. The largest absolute Gasteiger partial charge is 0.508 e. The summed E-state index contributed by atoms with van der Waals surface area (Å²) in [5.41, 5.74) is 0.738. The highest BCUT2D eigenvalue weighted by Gasteiger charge is 2.38. The second-order valence-corrected chi connectivity index (χ2v) is 5.39. The predicted molar refractivity (Wildman–Crippen MR) is 66.8 cm³/mol. The molecule has 17 heavy (non-hydrogen) atoms. The zero-order valence-electron chi connectivity index (χ0n) is 10.4. The van der Waals surface area contributed by atoms with Crippen molar-refractivity contribution in [3.8, 4) is 5.75 Å². The normalized spacial score (nSPS) is 15.6. The van der Waals surface area contributed by atoms with Gasteiger partial charge in [-0.2, -0.15) is 0 Å². The lowest BCUT2D eigenvalue weighted by atomic mass is 9.98. The summed E-state index contributed by atoms with van der Waals surface area (Å²) in [5.74, 6) is 0.847. The Morgan fingerprint density at radius 2 is 2.18 bits per heavy atom. The van der Waals surface area contributed by atoms with Gasteiger partial charge in [-0.25, -0.2) is 0 Å². The molecule has 1 aliphatic rings. The van der Waals surface area contributed by atoms with Gasteiger partial charge in [-0.3, -0.25) is 4.79 Å². The first-order valence-electron chi connectivity index (χ1n) is 6.06. The molecule has 1 fully saturated rings. The standard InChI is InChI=1S/C14H19NO2/c1-14(2,11-6-7-11)15-13(17)9-10-4-3-5-12(16)8-10/h3-5,8,11,16H,6-7,9H2,1-2H3,(H,15,17). The smallest absolute Gasteiger partial charge is 0.224 e. The zero-order chi connectivity index (χ0) is 12.5. The van der Waals surface area contributed by atoms with E-state index in [4.69, 9.17) is 0 Å². The molecule has 0 atom stereocenters. The Hall–Kier alpha value is -1.51. The molecule has 1 aromatic rings. The average Bonchev–Trinajstić information content (AvgIpc) is 2.98. The first-order valence-corrected chi connectivity index (χ1v) is 6.06. The Morgan fingerprint density at radius 3 is 2.76 bits per heavy atom. The van der Waals surface area contributed by atoms with Crippen molar-refractivity contribution in [3.63, 3.8) is 0 Å². The molecule has 0 radical (unpaired) electrons. The van der Waals surface area contributed by atoms with Crippen molar-refractivity contribution in [1.82, 2.24) is 5.32 Å². The van der Waals surface area contributed by atoms with Crippen molar-refractivity contribution < 1.29 is 9.90 Å². The lowest BCUT2D eigenvalue weighted by Gasteiger charge is -2.26. The molecular weight excluding hydrogens is 214 g/mol. The predicted octanol–water partition coefficient (Wildman–Crippen LogP) is 2.24. The van der Waals surface area contributed by atoms with Crippen molar-refractivity contribution in [2.24, 2.45) is 5.92 Å². The van der Waals surface area contributed by atoms with Crippen molar-refractivity contribution in [2.45, 2.75) is 38.6 Å². The highest BCUT2D eigenvalue weighted by atomic mass is 16.3. The van der Waals surface area contributed by atoms with Crippen LogP contribution in [0.25, 0.3) is 0 Å². The lowest BCUT2D eigenvalue weighted by molar-refractivity contribution is -0.122. The van der Waals surface area contributed by atoms with Gasteiger partial charge >= 0.3 is 0 Å². The molecule has 1 saturated carbocycles. The molecule has 1 aliphatic carbocycles. The molecule has 3 heteroatoms. The van der Waals surface area contributed by atoms with Crippen molar-refractivity contribution in [2.75, 3.05) is 0 Å². The molecule has 2 rings (SSSR count). The highest BCUT2D eigenvalue weighted by Crippen LogP contribution is 2.39. The van der Waals surface area contributed by atoms with Gasteiger partial charge < -0.3 is 10.4 Å². The van der Waals surface area contributed by atoms with Crippen LogP contribution in [0.4, 0.5) is 0 Å². The first-order chi connectivity index (χ1) is 7.97. The molecule has 1 aromatic carbocycles. The molecule has 0 spiro atoms. The minimum absolute atomic E-state index is 0.0208. The van der Waals surface area contributed by atoms with E-state index in [0.29, 0.717) is 12.3 Å². The molecular formula is C14H19NO2. The molecule has 3 nitrogen and oxygen atoms in total. The van der Waals surface area contributed by atoms with Crippen molar-refractivity contribution in [3.05, 3.63) is 29.8 Å². The second-order valence-electron chi connectivity index (χ2n) is 5.39. The molecule has 92 valence electrons. The van der Waals surface area contributed by atoms with E-state index in [1.807, 2.05) is 6.07 Å². The van der Waals surface area contributed by atoms with Crippen LogP contribution in [0.1, 0.15) is 32.3 Å². The maximum Gasteiger partial charge on any atom is 0.224 e. The second kappa shape index (κ2) is 4.40. The molecule has 2 N–H and O–H groups in total. The Labute approximate surface area is 102 Å². The number of hydrogen-bond donors (Lipinski definition) is 2. The summed E-state index contributed by atoms with van der Waals surface area (Å²) in [6.07, 6.45) is 2.74. The third-order valence-electron chi connectivity index (χ3n) is 3.33. The van der Waals surface area contributed by atoms with Gasteiger partial charge in [0.05, 0.1) is 6.42 Å². The van der Waals surface area contributed by atoms with Gasteiger partial charge in [0.2, 0.25) is 5.91 Å². The fourth-order valence-electron chi connectivity index (χ4n) is 2.16. The van der Waals surface area contributed by atoms with Crippen LogP contribution in [0.3, 0.4) is 0 Å². The summed E-state index contributed by atoms with van der Waals surface area (Å²) < 4.78 is 0. The van der Waals surface area contributed by atoms with Gasteiger partial charge in [0.25, 0.3) is 0 Å². The van der Waals surface area contributed by atoms with Crippen molar-refractivity contribution in [1.29, 1.82) is 0 Å². The number of phenols is 1. The minimum Gasteiger partial charge on any atom is -0.508 e. The third kappa shape index (κ3) is 3.22. The Bertz CT molecular complexity index is 422. The fraction of sp³-hybridized carbons (Fsp3) is 0.500. The number of hydrogen-bond acceptors (Lipinski definition) is 2. The van der Waals surface area contributed by atoms with Crippen LogP contribution in [0.2, 0.25) is 0 Å². The highest BCUT2D eigenvalue weighted by molar-refractivity contribution is 5.79. The van der Waals surface area contributed by atoms with Gasteiger partial charge in [-0.1, -0.05) is 12.1 Å². The van der Waals surface area contributed by atoms with Crippen LogP contribution < -0.4 is 5.32 Å². The molecule has 0 aliphatic heterocycles.